The maximum Gasteiger partial charge on any atom is 0.247 e. The lowest BCUT2D eigenvalue weighted by molar-refractivity contribution is 0.123. The van der Waals surface area contributed by atoms with E-state index < -0.39 is 0 Å². The molecule has 1 fully saturated rings. The van der Waals surface area contributed by atoms with Crippen LogP contribution in [-0.4, -0.2) is 36.5 Å². The molecule has 0 spiro atoms. The van der Waals surface area contributed by atoms with Gasteiger partial charge in [-0.1, -0.05) is 11.6 Å². The van der Waals surface area contributed by atoms with Gasteiger partial charge in [0.05, 0.1) is 31.1 Å². The first kappa shape index (κ1) is 17.8. The highest BCUT2D eigenvalue weighted by Gasteiger charge is 2.16. The number of benzene rings is 2. The molecule has 27 heavy (non-hydrogen) atoms. The van der Waals surface area contributed by atoms with Crippen LogP contribution in [0.25, 0.3) is 11.5 Å². The molecule has 140 valence electrons. The lowest BCUT2D eigenvalue weighted by atomic mass is 10.2. The SMILES string of the molecule is Fc1ccc(-c2nnc(CNc3cc(Cl)ccc3N3CCOCC3)o2)cc1. The van der Waals surface area contributed by atoms with Crippen molar-refractivity contribution in [3.63, 3.8) is 0 Å². The molecule has 4 rings (SSSR count). The van der Waals surface area contributed by atoms with E-state index in [0.29, 0.717) is 42.1 Å². The summed E-state index contributed by atoms with van der Waals surface area (Å²) in [7, 11) is 0. The van der Waals surface area contributed by atoms with Crippen LogP contribution >= 0.6 is 11.6 Å². The number of anilines is 2. The number of halogens is 2. The highest BCUT2D eigenvalue weighted by molar-refractivity contribution is 6.31. The Morgan fingerprint density at radius 2 is 1.85 bits per heavy atom. The molecule has 3 aromatic rings. The van der Waals surface area contributed by atoms with Gasteiger partial charge in [0.25, 0.3) is 0 Å². The molecule has 0 aliphatic carbocycles. The maximum atomic E-state index is 13.0. The molecule has 1 aliphatic heterocycles. The number of aromatic nitrogens is 2. The molecule has 1 aromatic heterocycles. The van der Waals surface area contributed by atoms with Gasteiger partial charge in [0.1, 0.15) is 5.82 Å². The van der Waals surface area contributed by atoms with Gasteiger partial charge in [-0.15, -0.1) is 10.2 Å². The van der Waals surface area contributed by atoms with Crippen LogP contribution in [0.15, 0.2) is 46.9 Å². The minimum absolute atomic E-state index is 0.309. The Bertz CT molecular complexity index is 910. The van der Waals surface area contributed by atoms with Gasteiger partial charge < -0.3 is 19.4 Å². The van der Waals surface area contributed by atoms with Crippen LogP contribution in [-0.2, 0) is 11.3 Å². The maximum absolute atomic E-state index is 13.0. The summed E-state index contributed by atoms with van der Waals surface area (Å²) in [5.41, 5.74) is 2.62. The van der Waals surface area contributed by atoms with Crippen LogP contribution in [0.3, 0.4) is 0 Å². The number of hydrogen-bond donors (Lipinski definition) is 1. The lowest BCUT2D eigenvalue weighted by Gasteiger charge is -2.30. The molecular formula is C19H18ClFN4O2. The average molecular weight is 389 g/mol. The van der Waals surface area contributed by atoms with Gasteiger partial charge in [-0.3, -0.25) is 0 Å². The van der Waals surface area contributed by atoms with Crippen molar-refractivity contribution in [2.24, 2.45) is 0 Å². The Labute approximate surface area is 160 Å². The summed E-state index contributed by atoms with van der Waals surface area (Å²) in [4.78, 5) is 2.25. The number of morpholine rings is 1. The molecular weight excluding hydrogens is 371 g/mol. The standard InChI is InChI=1S/C19H18ClFN4O2/c20-14-3-6-17(25-7-9-26-10-8-25)16(11-14)22-12-18-23-24-19(27-18)13-1-4-15(21)5-2-13/h1-6,11,22H,7-10,12H2. The van der Waals surface area contributed by atoms with E-state index in [-0.39, 0.29) is 5.82 Å². The Morgan fingerprint density at radius 1 is 1.07 bits per heavy atom. The Morgan fingerprint density at radius 3 is 2.63 bits per heavy atom. The number of nitrogens with one attached hydrogen (secondary N) is 1. The van der Waals surface area contributed by atoms with Crippen molar-refractivity contribution in [3.05, 3.63) is 59.2 Å². The van der Waals surface area contributed by atoms with Crippen LogP contribution in [0.4, 0.5) is 15.8 Å². The van der Waals surface area contributed by atoms with E-state index in [9.17, 15) is 4.39 Å². The summed E-state index contributed by atoms with van der Waals surface area (Å²) < 4.78 is 24.1. The molecule has 1 N–H and O–H groups in total. The van der Waals surface area contributed by atoms with E-state index in [1.54, 1.807) is 12.1 Å². The van der Waals surface area contributed by atoms with E-state index in [0.717, 1.165) is 24.5 Å². The van der Waals surface area contributed by atoms with E-state index in [4.69, 9.17) is 20.8 Å². The first-order valence-electron chi connectivity index (χ1n) is 8.63. The van der Waals surface area contributed by atoms with Crippen molar-refractivity contribution in [3.8, 4) is 11.5 Å². The van der Waals surface area contributed by atoms with Crippen LogP contribution in [0, 0.1) is 5.82 Å². The third-order valence-electron chi connectivity index (χ3n) is 4.30. The van der Waals surface area contributed by atoms with Gasteiger partial charge >= 0.3 is 0 Å². The van der Waals surface area contributed by atoms with Gasteiger partial charge in [0.15, 0.2) is 0 Å². The van der Waals surface area contributed by atoms with Gasteiger partial charge in [-0.05, 0) is 42.5 Å². The van der Waals surface area contributed by atoms with Crippen molar-refractivity contribution < 1.29 is 13.5 Å². The molecule has 1 aliphatic rings. The third-order valence-corrected chi connectivity index (χ3v) is 4.53. The van der Waals surface area contributed by atoms with E-state index in [2.05, 4.69) is 20.4 Å². The Kier molecular flexibility index (Phi) is 5.22. The molecule has 6 nitrogen and oxygen atoms in total. The van der Waals surface area contributed by atoms with Crippen molar-refractivity contribution in [1.29, 1.82) is 0 Å². The fourth-order valence-corrected chi connectivity index (χ4v) is 3.11. The highest BCUT2D eigenvalue weighted by atomic mass is 35.5. The number of nitrogens with zero attached hydrogens (tertiary/aromatic N) is 3. The fraction of sp³-hybridized carbons (Fsp3) is 0.263. The molecule has 0 bridgehead atoms. The van der Waals surface area contributed by atoms with Crippen LogP contribution in [0.1, 0.15) is 5.89 Å². The van der Waals surface area contributed by atoms with E-state index in [1.807, 2.05) is 18.2 Å². The molecule has 0 saturated carbocycles. The second-order valence-corrected chi connectivity index (χ2v) is 6.56. The average Bonchev–Trinajstić information content (AvgIpc) is 3.17. The summed E-state index contributed by atoms with van der Waals surface area (Å²) in [5, 5.41) is 12.0. The topological polar surface area (TPSA) is 63.4 Å². The number of rotatable bonds is 5. The predicted octanol–water partition coefficient (Wildman–Crippen LogP) is 3.98. The van der Waals surface area contributed by atoms with Crippen molar-refractivity contribution >= 4 is 23.0 Å². The monoisotopic (exact) mass is 388 g/mol. The predicted molar refractivity (Wildman–Crippen MR) is 102 cm³/mol. The lowest BCUT2D eigenvalue weighted by Crippen LogP contribution is -2.36. The number of ether oxygens (including phenoxy) is 1. The van der Waals surface area contributed by atoms with Crippen molar-refractivity contribution in [1.82, 2.24) is 10.2 Å². The van der Waals surface area contributed by atoms with E-state index >= 15 is 0 Å². The summed E-state index contributed by atoms with van der Waals surface area (Å²) >= 11 is 6.17. The molecule has 0 amide bonds. The first-order chi connectivity index (χ1) is 13.2. The summed E-state index contributed by atoms with van der Waals surface area (Å²) in [5.74, 6) is 0.477. The van der Waals surface area contributed by atoms with Crippen LogP contribution < -0.4 is 10.2 Å². The first-order valence-corrected chi connectivity index (χ1v) is 9.01. The molecule has 2 heterocycles. The Balaban J connectivity index is 1.49. The Hall–Kier alpha value is -2.64. The second-order valence-electron chi connectivity index (χ2n) is 6.12. The normalized spacial score (nSPS) is 14.4. The van der Waals surface area contributed by atoms with Gasteiger partial charge in [-0.2, -0.15) is 0 Å². The smallest absolute Gasteiger partial charge is 0.247 e. The zero-order chi connectivity index (χ0) is 18.6. The van der Waals surface area contributed by atoms with Crippen molar-refractivity contribution in [2.75, 3.05) is 36.5 Å². The van der Waals surface area contributed by atoms with Gasteiger partial charge in [0.2, 0.25) is 11.8 Å². The summed E-state index contributed by atoms with van der Waals surface area (Å²) in [6, 6.07) is 11.7. The fourth-order valence-electron chi connectivity index (χ4n) is 2.93. The van der Waals surface area contributed by atoms with Crippen molar-refractivity contribution in [2.45, 2.75) is 6.54 Å². The molecule has 2 aromatic carbocycles. The minimum atomic E-state index is -0.309. The van der Waals surface area contributed by atoms with E-state index in [1.165, 1.54) is 12.1 Å². The zero-order valence-corrected chi connectivity index (χ0v) is 15.2. The summed E-state index contributed by atoms with van der Waals surface area (Å²) in [6.45, 7) is 3.41. The quantitative estimate of drug-likeness (QED) is 0.713. The highest BCUT2D eigenvalue weighted by Crippen LogP contribution is 2.30. The number of hydrogen-bond acceptors (Lipinski definition) is 6. The third kappa shape index (κ3) is 4.20. The summed E-state index contributed by atoms with van der Waals surface area (Å²) in [6.07, 6.45) is 0. The second kappa shape index (κ2) is 7.94. The van der Waals surface area contributed by atoms with Crippen LogP contribution in [0.5, 0.6) is 0 Å². The largest absolute Gasteiger partial charge is 0.419 e. The van der Waals surface area contributed by atoms with Gasteiger partial charge in [0, 0.05) is 23.7 Å². The minimum Gasteiger partial charge on any atom is -0.419 e. The zero-order valence-electron chi connectivity index (χ0n) is 14.5. The molecule has 0 radical (unpaired) electrons. The van der Waals surface area contributed by atoms with Crippen LogP contribution in [0.2, 0.25) is 5.02 Å². The van der Waals surface area contributed by atoms with Gasteiger partial charge in [-0.25, -0.2) is 4.39 Å². The molecule has 0 unspecified atom stereocenters. The molecule has 0 atom stereocenters. The molecule has 8 heteroatoms. The molecule has 1 saturated heterocycles.